The van der Waals surface area contributed by atoms with E-state index in [9.17, 15) is 0 Å². The van der Waals surface area contributed by atoms with Gasteiger partial charge < -0.3 is 15.2 Å². The number of anilines is 1. The second kappa shape index (κ2) is 4.18. The number of nitrogens with two attached hydrogens (primary N) is 1. The minimum absolute atomic E-state index is 0.145. The van der Waals surface area contributed by atoms with Gasteiger partial charge in [0.15, 0.2) is 0 Å². The molecule has 0 amide bonds. The zero-order chi connectivity index (χ0) is 11.7. The van der Waals surface area contributed by atoms with Crippen LogP contribution in [0.5, 0.6) is 5.75 Å². The Kier molecular flexibility index (Phi) is 2.53. The molecule has 2 aromatic rings. The number of fused-ring (bicyclic) bond motifs is 1. The molecule has 1 aromatic carbocycles. The fourth-order valence-electron chi connectivity index (χ4n) is 1.89. The maximum atomic E-state index is 5.80. The number of aromatic nitrogens is 2. The van der Waals surface area contributed by atoms with E-state index in [1.807, 2.05) is 18.2 Å². The van der Waals surface area contributed by atoms with Crippen LogP contribution in [0, 0.1) is 0 Å². The summed E-state index contributed by atoms with van der Waals surface area (Å²) in [6.45, 7) is 1.43. The zero-order valence-electron chi connectivity index (χ0n) is 9.30. The normalized spacial score (nSPS) is 19.6. The number of hydrogen-bond acceptors (Lipinski definition) is 5. The van der Waals surface area contributed by atoms with E-state index in [-0.39, 0.29) is 12.1 Å². The van der Waals surface area contributed by atoms with E-state index in [2.05, 4.69) is 9.97 Å². The molecule has 1 aliphatic rings. The highest BCUT2D eigenvalue weighted by molar-refractivity contribution is 5.79. The number of rotatable bonds is 2. The molecule has 17 heavy (non-hydrogen) atoms. The lowest BCUT2D eigenvalue weighted by Gasteiger charge is -2.11. The summed E-state index contributed by atoms with van der Waals surface area (Å²) < 4.78 is 11.1. The molecule has 1 atom stereocenters. The van der Waals surface area contributed by atoms with Crippen LogP contribution < -0.4 is 10.5 Å². The second-order valence-electron chi connectivity index (χ2n) is 4.05. The van der Waals surface area contributed by atoms with Crippen LogP contribution in [0.2, 0.25) is 0 Å². The van der Waals surface area contributed by atoms with Crippen LogP contribution in [-0.4, -0.2) is 29.3 Å². The van der Waals surface area contributed by atoms with Crippen LogP contribution in [0.3, 0.4) is 0 Å². The molecular weight excluding hydrogens is 218 g/mol. The van der Waals surface area contributed by atoms with Crippen LogP contribution in [-0.2, 0) is 4.74 Å². The van der Waals surface area contributed by atoms with Gasteiger partial charge in [0, 0.05) is 24.1 Å². The summed E-state index contributed by atoms with van der Waals surface area (Å²) in [6.07, 6.45) is 2.79. The Hall–Kier alpha value is -1.88. The van der Waals surface area contributed by atoms with E-state index < -0.39 is 0 Å². The Morgan fingerprint density at radius 3 is 3.18 bits per heavy atom. The largest absolute Gasteiger partial charge is 0.488 e. The zero-order valence-corrected chi connectivity index (χ0v) is 9.30. The molecule has 0 aliphatic carbocycles. The van der Waals surface area contributed by atoms with Crippen molar-refractivity contribution in [3.05, 3.63) is 24.4 Å². The van der Waals surface area contributed by atoms with Crippen molar-refractivity contribution in [2.75, 3.05) is 18.9 Å². The fraction of sp³-hybridized carbons (Fsp3) is 0.333. The summed E-state index contributed by atoms with van der Waals surface area (Å²) in [5, 5.41) is 0.953. The van der Waals surface area contributed by atoms with E-state index in [0.29, 0.717) is 6.61 Å². The number of benzene rings is 1. The molecule has 0 spiro atoms. The Morgan fingerprint density at radius 1 is 1.41 bits per heavy atom. The predicted molar refractivity (Wildman–Crippen MR) is 63.8 cm³/mol. The molecule has 0 bridgehead atoms. The van der Waals surface area contributed by atoms with Crippen molar-refractivity contribution in [1.82, 2.24) is 9.97 Å². The number of nitrogen functional groups attached to an aromatic ring is 1. The smallest absolute Gasteiger partial charge is 0.220 e. The minimum Gasteiger partial charge on any atom is -0.488 e. The van der Waals surface area contributed by atoms with Gasteiger partial charge in [0.25, 0.3) is 0 Å². The Morgan fingerprint density at radius 2 is 2.35 bits per heavy atom. The van der Waals surface area contributed by atoms with E-state index in [1.165, 1.54) is 0 Å². The third-order valence-corrected chi connectivity index (χ3v) is 2.76. The fourth-order valence-corrected chi connectivity index (χ4v) is 1.89. The SMILES string of the molecule is Nc1ncc2ccc(O[C@H]3CCOC3)cc2n1. The molecule has 5 heteroatoms. The van der Waals surface area contributed by atoms with Gasteiger partial charge in [0.1, 0.15) is 11.9 Å². The average Bonchev–Trinajstić information content (AvgIpc) is 2.81. The monoisotopic (exact) mass is 231 g/mol. The summed E-state index contributed by atoms with van der Waals surface area (Å²) in [4.78, 5) is 8.11. The maximum Gasteiger partial charge on any atom is 0.220 e. The van der Waals surface area contributed by atoms with Crippen molar-refractivity contribution in [2.45, 2.75) is 12.5 Å². The van der Waals surface area contributed by atoms with E-state index in [1.54, 1.807) is 6.20 Å². The topological polar surface area (TPSA) is 70.3 Å². The van der Waals surface area contributed by atoms with E-state index in [4.69, 9.17) is 15.2 Å². The molecular formula is C12H13N3O2. The molecule has 2 N–H and O–H groups in total. The first kappa shape index (κ1) is 10.3. The molecule has 88 valence electrons. The first-order chi connectivity index (χ1) is 8.31. The standard InChI is InChI=1S/C12H13N3O2/c13-12-14-6-8-1-2-9(5-11(8)15-12)17-10-3-4-16-7-10/h1-2,5-6,10H,3-4,7H2,(H2,13,14,15)/t10-/m0/s1. The first-order valence-electron chi connectivity index (χ1n) is 5.58. The molecule has 0 saturated carbocycles. The van der Waals surface area contributed by atoms with Crippen LogP contribution in [0.4, 0.5) is 5.95 Å². The molecule has 1 aromatic heterocycles. The quantitative estimate of drug-likeness (QED) is 0.845. The van der Waals surface area contributed by atoms with Crippen molar-refractivity contribution >= 4 is 16.9 Å². The maximum absolute atomic E-state index is 5.80. The second-order valence-corrected chi connectivity index (χ2v) is 4.05. The summed E-state index contributed by atoms with van der Waals surface area (Å²) in [5.74, 6) is 1.07. The minimum atomic E-state index is 0.145. The van der Waals surface area contributed by atoms with E-state index >= 15 is 0 Å². The highest BCUT2D eigenvalue weighted by Gasteiger charge is 2.17. The lowest BCUT2D eigenvalue weighted by atomic mass is 10.2. The van der Waals surface area contributed by atoms with Crippen LogP contribution in [0.1, 0.15) is 6.42 Å². The molecule has 3 rings (SSSR count). The van der Waals surface area contributed by atoms with Crippen molar-refractivity contribution in [1.29, 1.82) is 0 Å². The van der Waals surface area contributed by atoms with Crippen LogP contribution >= 0.6 is 0 Å². The van der Waals surface area contributed by atoms with Crippen molar-refractivity contribution in [3.8, 4) is 5.75 Å². The first-order valence-corrected chi connectivity index (χ1v) is 5.58. The van der Waals surface area contributed by atoms with Gasteiger partial charge >= 0.3 is 0 Å². The van der Waals surface area contributed by atoms with Gasteiger partial charge in [-0.3, -0.25) is 0 Å². The van der Waals surface area contributed by atoms with Crippen molar-refractivity contribution in [2.24, 2.45) is 0 Å². The molecule has 1 fully saturated rings. The van der Waals surface area contributed by atoms with Gasteiger partial charge in [-0.25, -0.2) is 9.97 Å². The third kappa shape index (κ3) is 2.14. The summed E-state index contributed by atoms with van der Waals surface area (Å²) in [7, 11) is 0. The van der Waals surface area contributed by atoms with Gasteiger partial charge in [-0.15, -0.1) is 0 Å². The number of nitrogens with zero attached hydrogens (tertiary/aromatic N) is 2. The lowest BCUT2D eigenvalue weighted by Crippen LogP contribution is -2.15. The number of hydrogen-bond donors (Lipinski definition) is 1. The summed E-state index contributed by atoms with van der Waals surface area (Å²) in [5.41, 5.74) is 6.35. The molecule has 5 nitrogen and oxygen atoms in total. The predicted octanol–water partition coefficient (Wildman–Crippen LogP) is 1.38. The van der Waals surface area contributed by atoms with Crippen LogP contribution in [0.25, 0.3) is 10.9 Å². The lowest BCUT2D eigenvalue weighted by molar-refractivity contribution is 0.141. The van der Waals surface area contributed by atoms with Crippen LogP contribution in [0.15, 0.2) is 24.4 Å². The molecule has 1 saturated heterocycles. The molecule has 2 heterocycles. The highest BCUT2D eigenvalue weighted by atomic mass is 16.5. The van der Waals surface area contributed by atoms with Gasteiger partial charge in [-0.1, -0.05) is 0 Å². The Balaban J connectivity index is 1.89. The molecule has 0 unspecified atom stereocenters. The van der Waals surface area contributed by atoms with Gasteiger partial charge in [0.05, 0.1) is 18.7 Å². The van der Waals surface area contributed by atoms with E-state index in [0.717, 1.165) is 29.7 Å². The Labute approximate surface area is 98.6 Å². The summed E-state index contributed by atoms with van der Waals surface area (Å²) in [6, 6.07) is 5.73. The Bertz CT molecular complexity index is 538. The van der Waals surface area contributed by atoms with Crippen molar-refractivity contribution in [3.63, 3.8) is 0 Å². The molecule has 0 radical (unpaired) electrons. The average molecular weight is 231 g/mol. The summed E-state index contributed by atoms with van der Waals surface area (Å²) >= 11 is 0. The molecule has 1 aliphatic heterocycles. The van der Waals surface area contributed by atoms with Gasteiger partial charge in [-0.2, -0.15) is 0 Å². The number of ether oxygens (including phenoxy) is 2. The highest BCUT2D eigenvalue weighted by Crippen LogP contribution is 2.22. The third-order valence-electron chi connectivity index (χ3n) is 2.76. The van der Waals surface area contributed by atoms with Gasteiger partial charge in [0.2, 0.25) is 5.95 Å². The van der Waals surface area contributed by atoms with Crippen molar-refractivity contribution < 1.29 is 9.47 Å². The van der Waals surface area contributed by atoms with Gasteiger partial charge in [-0.05, 0) is 12.1 Å².